The van der Waals surface area contributed by atoms with Crippen LogP contribution >= 0.6 is 11.8 Å². The van der Waals surface area contributed by atoms with Crippen LogP contribution in [0, 0.1) is 11.6 Å². The summed E-state index contributed by atoms with van der Waals surface area (Å²) in [4.78, 5) is 2.06. The third-order valence-corrected chi connectivity index (χ3v) is 4.14. The van der Waals surface area contributed by atoms with Gasteiger partial charge in [0, 0.05) is 24.1 Å². The summed E-state index contributed by atoms with van der Waals surface area (Å²) < 4.78 is 25.9. The Labute approximate surface area is 104 Å². The van der Waals surface area contributed by atoms with Gasteiger partial charge in [-0.15, -0.1) is 0 Å². The zero-order valence-electron chi connectivity index (χ0n) is 9.57. The summed E-state index contributed by atoms with van der Waals surface area (Å²) in [5.41, 5.74) is 0.434. The van der Waals surface area contributed by atoms with Crippen molar-refractivity contribution < 1.29 is 13.9 Å². The van der Waals surface area contributed by atoms with Gasteiger partial charge in [0.15, 0.2) is 11.6 Å². The van der Waals surface area contributed by atoms with Gasteiger partial charge in [-0.2, -0.15) is 11.8 Å². The minimum absolute atomic E-state index is 0.0430. The Morgan fingerprint density at radius 1 is 1.41 bits per heavy atom. The Morgan fingerprint density at radius 3 is 2.82 bits per heavy atom. The van der Waals surface area contributed by atoms with E-state index in [1.807, 2.05) is 7.05 Å². The maximum Gasteiger partial charge on any atom is 0.159 e. The third kappa shape index (κ3) is 2.78. The second-order valence-corrected chi connectivity index (χ2v) is 5.39. The molecule has 1 aromatic rings. The molecule has 2 rings (SSSR count). The number of hydrogen-bond acceptors (Lipinski definition) is 3. The standard InChI is InChI=1S/C12H15F2NOS/c1-15-4-5-17-7-11(15)12(16)8-2-3-9(13)10(14)6-8/h2-3,6,11-12,16H,4-5,7H2,1H3. The summed E-state index contributed by atoms with van der Waals surface area (Å²) in [6.45, 7) is 0.899. The smallest absolute Gasteiger partial charge is 0.159 e. The Hall–Kier alpha value is -0.650. The van der Waals surface area contributed by atoms with Crippen LogP contribution in [0.3, 0.4) is 0 Å². The normalized spacial score (nSPS) is 23.6. The first kappa shape index (κ1) is 12.8. The van der Waals surface area contributed by atoms with Crippen molar-refractivity contribution >= 4 is 11.8 Å². The first-order valence-electron chi connectivity index (χ1n) is 5.50. The first-order valence-corrected chi connectivity index (χ1v) is 6.66. The van der Waals surface area contributed by atoms with Crippen molar-refractivity contribution in [1.82, 2.24) is 4.90 Å². The molecule has 2 nitrogen and oxygen atoms in total. The van der Waals surface area contributed by atoms with Crippen molar-refractivity contribution in [3.8, 4) is 0 Å². The van der Waals surface area contributed by atoms with E-state index < -0.39 is 17.7 Å². The monoisotopic (exact) mass is 259 g/mol. The van der Waals surface area contributed by atoms with Gasteiger partial charge in [-0.1, -0.05) is 6.07 Å². The molecule has 1 saturated heterocycles. The van der Waals surface area contributed by atoms with Gasteiger partial charge in [-0.25, -0.2) is 8.78 Å². The number of aliphatic hydroxyl groups is 1. The molecule has 0 saturated carbocycles. The van der Waals surface area contributed by atoms with Crippen LogP contribution in [0.1, 0.15) is 11.7 Å². The van der Waals surface area contributed by atoms with Crippen LogP contribution in [-0.2, 0) is 0 Å². The predicted octanol–water partition coefficient (Wildman–Crippen LogP) is 2.05. The van der Waals surface area contributed by atoms with E-state index in [2.05, 4.69) is 4.90 Å². The summed E-state index contributed by atoms with van der Waals surface area (Å²) in [5, 5.41) is 10.2. The maximum absolute atomic E-state index is 13.1. The Bertz CT molecular complexity index is 402. The van der Waals surface area contributed by atoms with Gasteiger partial charge in [0.1, 0.15) is 0 Å². The number of rotatable bonds is 2. The Balaban J connectivity index is 2.17. The van der Waals surface area contributed by atoms with Crippen LogP contribution in [0.25, 0.3) is 0 Å². The van der Waals surface area contributed by atoms with Crippen LogP contribution in [0.5, 0.6) is 0 Å². The molecule has 1 aliphatic rings. The molecule has 1 N–H and O–H groups in total. The van der Waals surface area contributed by atoms with E-state index in [1.54, 1.807) is 11.8 Å². The van der Waals surface area contributed by atoms with Crippen LogP contribution in [-0.4, -0.2) is 41.1 Å². The van der Waals surface area contributed by atoms with Crippen LogP contribution < -0.4 is 0 Å². The summed E-state index contributed by atoms with van der Waals surface area (Å²) in [5.74, 6) is 0.0498. The largest absolute Gasteiger partial charge is 0.387 e. The second-order valence-electron chi connectivity index (χ2n) is 4.24. The van der Waals surface area contributed by atoms with Crippen LogP contribution in [0.2, 0.25) is 0 Å². The molecule has 0 amide bonds. The van der Waals surface area contributed by atoms with Crippen molar-refractivity contribution in [2.75, 3.05) is 25.1 Å². The number of benzene rings is 1. The molecule has 1 heterocycles. The van der Waals surface area contributed by atoms with Gasteiger partial charge in [0.25, 0.3) is 0 Å². The minimum Gasteiger partial charge on any atom is -0.387 e. The fourth-order valence-corrected chi connectivity index (χ4v) is 3.22. The van der Waals surface area contributed by atoms with Gasteiger partial charge in [-0.3, -0.25) is 4.90 Å². The van der Waals surface area contributed by atoms with Gasteiger partial charge in [0.05, 0.1) is 6.10 Å². The molecule has 0 bridgehead atoms. The number of hydrogen-bond donors (Lipinski definition) is 1. The zero-order valence-corrected chi connectivity index (χ0v) is 10.4. The van der Waals surface area contributed by atoms with Crippen molar-refractivity contribution in [3.63, 3.8) is 0 Å². The highest BCUT2D eigenvalue weighted by Gasteiger charge is 2.28. The second kappa shape index (κ2) is 5.33. The third-order valence-electron chi connectivity index (χ3n) is 3.09. The summed E-state index contributed by atoms with van der Waals surface area (Å²) in [6.07, 6.45) is -0.775. The maximum atomic E-state index is 13.1. The fraction of sp³-hybridized carbons (Fsp3) is 0.500. The molecule has 0 aromatic heterocycles. The van der Waals surface area contributed by atoms with Crippen LogP contribution in [0.15, 0.2) is 18.2 Å². The molecule has 1 aromatic carbocycles. The van der Waals surface area contributed by atoms with E-state index >= 15 is 0 Å². The lowest BCUT2D eigenvalue weighted by molar-refractivity contribution is 0.0755. The number of thioether (sulfide) groups is 1. The molecule has 17 heavy (non-hydrogen) atoms. The van der Waals surface area contributed by atoms with E-state index in [9.17, 15) is 13.9 Å². The summed E-state index contributed by atoms with van der Waals surface area (Å²) >= 11 is 1.77. The van der Waals surface area contributed by atoms with Crippen molar-refractivity contribution in [3.05, 3.63) is 35.4 Å². The van der Waals surface area contributed by atoms with E-state index in [-0.39, 0.29) is 6.04 Å². The molecule has 1 aliphatic heterocycles. The topological polar surface area (TPSA) is 23.5 Å². The lowest BCUT2D eigenvalue weighted by atomic mass is 10.0. The van der Waals surface area contributed by atoms with Gasteiger partial charge < -0.3 is 5.11 Å². The average Bonchev–Trinajstić information content (AvgIpc) is 2.32. The lowest BCUT2D eigenvalue weighted by Gasteiger charge is -2.35. The molecular weight excluding hydrogens is 244 g/mol. The number of halogens is 2. The Kier molecular flexibility index (Phi) is 4.01. The predicted molar refractivity (Wildman–Crippen MR) is 65.1 cm³/mol. The van der Waals surface area contributed by atoms with E-state index in [4.69, 9.17) is 0 Å². The molecule has 94 valence electrons. The molecule has 0 radical (unpaired) electrons. The van der Waals surface area contributed by atoms with E-state index in [0.29, 0.717) is 5.56 Å². The number of nitrogens with zero attached hydrogens (tertiary/aromatic N) is 1. The molecule has 0 aliphatic carbocycles. The van der Waals surface area contributed by atoms with Crippen LogP contribution in [0.4, 0.5) is 8.78 Å². The van der Waals surface area contributed by atoms with Crippen molar-refractivity contribution in [2.24, 2.45) is 0 Å². The summed E-state index contributed by atoms with van der Waals surface area (Å²) in [6, 6.07) is 3.53. The lowest BCUT2D eigenvalue weighted by Crippen LogP contribution is -2.43. The SMILES string of the molecule is CN1CCSCC1C(O)c1ccc(F)c(F)c1. The van der Waals surface area contributed by atoms with Gasteiger partial charge in [-0.05, 0) is 24.7 Å². The number of likely N-dealkylation sites (N-methyl/N-ethyl adjacent to an activating group) is 1. The average molecular weight is 259 g/mol. The van der Waals surface area contributed by atoms with Gasteiger partial charge >= 0.3 is 0 Å². The van der Waals surface area contributed by atoms with Crippen molar-refractivity contribution in [2.45, 2.75) is 12.1 Å². The molecule has 0 spiro atoms. The molecule has 2 unspecified atom stereocenters. The molecule has 1 fully saturated rings. The van der Waals surface area contributed by atoms with E-state index in [1.165, 1.54) is 6.07 Å². The highest BCUT2D eigenvalue weighted by atomic mass is 32.2. The van der Waals surface area contributed by atoms with Crippen molar-refractivity contribution in [1.29, 1.82) is 0 Å². The molecule has 5 heteroatoms. The first-order chi connectivity index (χ1) is 8.09. The van der Waals surface area contributed by atoms with Gasteiger partial charge in [0.2, 0.25) is 0 Å². The molecule has 2 atom stereocenters. The summed E-state index contributed by atoms with van der Waals surface area (Å²) in [7, 11) is 1.94. The fourth-order valence-electron chi connectivity index (χ4n) is 1.96. The Morgan fingerprint density at radius 2 is 2.18 bits per heavy atom. The highest BCUT2D eigenvalue weighted by Crippen LogP contribution is 2.27. The zero-order chi connectivity index (χ0) is 12.4. The minimum atomic E-state index is -0.910. The number of aliphatic hydroxyl groups excluding tert-OH is 1. The quantitative estimate of drug-likeness (QED) is 0.879. The highest BCUT2D eigenvalue weighted by molar-refractivity contribution is 7.99. The van der Waals surface area contributed by atoms with E-state index in [0.717, 1.165) is 30.2 Å². The molecular formula is C12H15F2NOS.